The molecular weight excluding hydrogens is 419 g/mol. The van der Waals surface area contributed by atoms with Gasteiger partial charge in [0.2, 0.25) is 5.88 Å². The largest absolute Gasteiger partial charge is 0.439 e. The number of rotatable bonds is 6. The standard InChI is InChI=1S/C22H15FN4O5/c23-16-5-1-15(2-6-16)13-26-21(28)19(25-22(26)29)11-14-3-8-18(9-4-14)32-20-10-7-17(12-24-20)27(30)31/h1-12H,13H2,(H,25,29)/b19-11+. The van der Waals surface area contributed by atoms with E-state index in [9.17, 15) is 24.1 Å². The predicted molar refractivity (Wildman–Crippen MR) is 111 cm³/mol. The van der Waals surface area contributed by atoms with Crippen LogP contribution >= 0.6 is 0 Å². The van der Waals surface area contributed by atoms with Crippen molar-refractivity contribution in [3.8, 4) is 11.6 Å². The van der Waals surface area contributed by atoms with Crippen LogP contribution in [0, 0.1) is 15.9 Å². The van der Waals surface area contributed by atoms with Gasteiger partial charge in [-0.05, 0) is 41.5 Å². The van der Waals surface area contributed by atoms with Crippen LogP contribution in [0.5, 0.6) is 11.6 Å². The van der Waals surface area contributed by atoms with Crippen LogP contribution in [0.25, 0.3) is 6.08 Å². The number of aromatic nitrogens is 1. The second-order valence-corrected chi connectivity index (χ2v) is 6.79. The Balaban J connectivity index is 1.43. The quantitative estimate of drug-likeness (QED) is 0.271. The van der Waals surface area contributed by atoms with Gasteiger partial charge >= 0.3 is 6.03 Å². The molecule has 160 valence electrons. The first-order chi connectivity index (χ1) is 15.4. The molecule has 4 rings (SSSR count). The summed E-state index contributed by atoms with van der Waals surface area (Å²) in [5, 5.41) is 13.2. The number of carbonyl (C=O) groups excluding carboxylic acids is 2. The highest BCUT2D eigenvalue weighted by Gasteiger charge is 2.33. The Bertz CT molecular complexity index is 1210. The molecule has 0 atom stereocenters. The number of hydrogen-bond donors (Lipinski definition) is 1. The van der Waals surface area contributed by atoms with Crippen LogP contribution in [0.4, 0.5) is 14.9 Å². The maximum absolute atomic E-state index is 13.0. The van der Waals surface area contributed by atoms with Crippen molar-refractivity contribution < 1.29 is 23.6 Å². The predicted octanol–water partition coefficient (Wildman–Crippen LogP) is 4.01. The number of hydrogen-bond acceptors (Lipinski definition) is 6. The third kappa shape index (κ3) is 4.59. The van der Waals surface area contributed by atoms with Crippen molar-refractivity contribution in [3.05, 3.63) is 99.6 Å². The monoisotopic (exact) mass is 434 g/mol. The summed E-state index contributed by atoms with van der Waals surface area (Å²) in [6.07, 6.45) is 2.62. The lowest BCUT2D eigenvalue weighted by atomic mass is 10.1. The number of nitro groups is 1. The molecule has 1 saturated heterocycles. The lowest BCUT2D eigenvalue weighted by molar-refractivity contribution is -0.385. The Labute approximate surface area is 180 Å². The highest BCUT2D eigenvalue weighted by molar-refractivity contribution is 6.13. The van der Waals surface area contributed by atoms with Crippen molar-refractivity contribution in [2.24, 2.45) is 0 Å². The average Bonchev–Trinajstić information content (AvgIpc) is 3.04. The van der Waals surface area contributed by atoms with Crippen molar-refractivity contribution in [3.63, 3.8) is 0 Å². The topological polar surface area (TPSA) is 115 Å². The van der Waals surface area contributed by atoms with E-state index in [0.717, 1.165) is 11.1 Å². The molecule has 1 fully saturated rings. The Hall–Kier alpha value is -4.60. The zero-order valence-corrected chi connectivity index (χ0v) is 16.4. The highest BCUT2D eigenvalue weighted by atomic mass is 19.1. The van der Waals surface area contributed by atoms with Gasteiger partial charge in [0, 0.05) is 12.1 Å². The van der Waals surface area contributed by atoms with Crippen molar-refractivity contribution in [2.45, 2.75) is 6.54 Å². The van der Waals surface area contributed by atoms with Gasteiger partial charge in [-0.2, -0.15) is 0 Å². The molecule has 0 spiro atoms. The highest BCUT2D eigenvalue weighted by Crippen LogP contribution is 2.23. The number of halogens is 1. The first-order valence-electron chi connectivity index (χ1n) is 9.36. The summed E-state index contributed by atoms with van der Waals surface area (Å²) in [5.74, 6) is -0.261. The number of ether oxygens (including phenoxy) is 1. The molecule has 0 bridgehead atoms. The first kappa shape index (κ1) is 20.7. The SMILES string of the molecule is O=C1N/C(=C/c2ccc(Oc3ccc([N+](=O)[O-])cn3)cc2)C(=O)N1Cc1ccc(F)cc1. The number of benzene rings is 2. The fourth-order valence-electron chi connectivity index (χ4n) is 2.95. The molecule has 1 aliphatic heterocycles. The normalized spacial score (nSPS) is 14.5. The number of pyridine rings is 1. The Morgan fingerprint density at radius 3 is 2.41 bits per heavy atom. The van der Waals surface area contributed by atoms with Gasteiger partial charge in [-0.25, -0.2) is 14.2 Å². The molecule has 2 aromatic carbocycles. The molecule has 32 heavy (non-hydrogen) atoms. The smallest absolute Gasteiger partial charge is 0.329 e. The number of urea groups is 1. The van der Waals surface area contributed by atoms with Gasteiger partial charge in [-0.1, -0.05) is 24.3 Å². The number of nitrogens with one attached hydrogen (secondary N) is 1. The van der Waals surface area contributed by atoms with E-state index >= 15 is 0 Å². The molecule has 3 amide bonds. The third-order valence-corrected chi connectivity index (χ3v) is 4.56. The van der Waals surface area contributed by atoms with Gasteiger partial charge in [0.1, 0.15) is 23.5 Å². The second-order valence-electron chi connectivity index (χ2n) is 6.79. The van der Waals surface area contributed by atoms with Crippen molar-refractivity contribution >= 4 is 23.7 Å². The van der Waals surface area contributed by atoms with Crippen molar-refractivity contribution in [1.29, 1.82) is 0 Å². The van der Waals surface area contributed by atoms with Gasteiger partial charge in [-0.3, -0.25) is 19.8 Å². The van der Waals surface area contributed by atoms with Crippen molar-refractivity contribution in [1.82, 2.24) is 15.2 Å². The molecule has 0 saturated carbocycles. The maximum Gasteiger partial charge on any atom is 0.329 e. The lowest BCUT2D eigenvalue weighted by Crippen LogP contribution is -2.30. The number of imide groups is 1. The summed E-state index contributed by atoms with van der Waals surface area (Å²) < 4.78 is 18.6. The van der Waals surface area contributed by atoms with Gasteiger partial charge in [0.05, 0.1) is 11.5 Å². The van der Waals surface area contributed by atoms with E-state index in [1.165, 1.54) is 42.5 Å². The van der Waals surface area contributed by atoms with Crippen molar-refractivity contribution in [2.75, 3.05) is 0 Å². The molecule has 3 aromatic rings. The summed E-state index contributed by atoms with van der Waals surface area (Å²) in [5.41, 5.74) is 1.23. The summed E-state index contributed by atoms with van der Waals surface area (Å²) in [7, 11) is 0. The zero-order valence-electron chi connectivity index (χ0n) is 16.4. The second kappa shape index (κ2) is 8.64. The Morgan fingerprint density at radius 1 is 1.06 bits per heavy atom. The Kier molecular flexibility index (Phi) is 5.58. The maximum atomic E-state index is 13.0. The third-order valence-electron chi connectivity index (χ3n) is 4.56. The van der Waals surface area contributed by atoms with E-state index in [-0.39, 0.29) is 23.8 Å². The van der Waals surface area contributed by atoms with Gasteiger partial charge in [0.25, 0.3) is 11.6 Å². The first-order valence-corrected chi connectivity index (χ1v) is 9.36. The number of carbonyl (C=O) groups is 2. The lowest BCUT2D eigenvalue weighted by Gasteiger charge is -2.11. The van der Waals surface area contributed by atoms with E-state index in [4.69, 9.17) is 4.74 Å². The van der Waals surface area contributed by atoms with Crippen LogP contribution in [0.2, 0.25) is 0 Å². The molecular formula is C22H15FN4O5. The fourth-order valence-corrected chi connectivity index (χ4v) is 2.95. The van der Waals surface area contributed by atoms with Crippen LogP contribution in [0.1, 0.15) is 11.1 Å². The van der Waals surface area contributed by atoms with E-state index in [2.05, 4.69) is 10.3 Å². The molecule has 1 N–H and O–H groups in total. The van der Waals surface area contributed by atoms with E-state index in [0.29, 0.717) is 16.9 Å². The molecule has 0 aliphatic carbocycles. The van der Waals surface area contributed by atoms with Gasteiger partial charge in [0.15, 0.2) is 0 Å². The number of amides is 3. The molecule has 1 aromatic heterocycles. The zero-order chi connectivity index (χ0) is 22.7. The summed E-state index contributed by atoms with van der Waals surface area (Å²) >= 11 is 0. The average molecular weight is 434 g/mol. The van der Waals surface area contributed by atoms with Gasteiger partial charge < -0.3 is 10.1 Å². The number of nitrogens with zero attached hydrogens (tertiary/aromatic N) is 3. The molecule has 2 heterocycles. The minimum Gasteiger partial charge on any atom is -0.439 e. The van der Waals surface area contributed by atoms with Crippen LogP contribution in [0.15, 0.2) is 72.6 Å². The molecule has 9 nitrogen and oxygen atoms in total. The van der Waals surface area contributed by atoms with Crippen LogP contribution in [-0.4, -0.2) is 26.7 Å². The Morgan fingerprint density at radius 2 is 1.78 bits per heavy atom. The minimum atomic E-state index is -0.560. The molecule has 0 unspecified atom stereocenters. The molecule has 0 radical (unpaired) electrons. The minimum absolute atomic E-state index is 0.0251. The van der Waals surface area contributed by atoms with E-state index < -0.39 is 22.7 Å². The van der Waals surface area contributed by atoms with E-state index in [1.54, 1.807) is 24.3 Å². The molecule has 1 aliphatic rings. The fraction of sp³-hybridized carbons (Fsp3) is 0.0455. The summed E-state index contributed by atoms with van der Waals surface area (Å²) in [6, 6.07) is 14.3. The summed E-state index contributed by atoms with van der Waals surface area (Å²) in [6.45, 7) is 0.0251. The molecule has 10 heteroatoms. The van der Waals surface area contributed by atoms with E-state index in [1.807, 2.05) is 0 Å². The van der Waals surface area contributed by atoms with Crippen LogP contribution in [-0.2, 0) is 11.3 Å². The van der Waals surface area contributed by atoms with Crippen LogP contribution < -0.4 is 10.1 Å². The van der Waals surface area contributed by atoms with Gasteiger partial charge in [-0.15, -0.1) is 0 Å². The summed E-state index contributed by atoms with van der Waals surface area (Å²) in [4.78, 5) is 39.8. The van der Waals surface area contributed by atoms with Crippen LogP contribution in [0.3, 0.4) is 0 Å².